The Morgan fingerprint density at radius 1 is 1.10 bits per heavy atom. The molecule has 0 aromatic carbocycles. The van der Waals surface area contributed by atoms with Gasteiger partial charge in [-0.1, -0.05) is 40.0 Å². The Morgan fingerprint density at radius 2 is 1.70 bits per heavy atom. The normalized spacial score (nSPS) is 12.4. The number of unbranched alkanes of at least 4 members (excludes halogenated alkanes) is 2. The van der Waals surface area contributed by atoms with Crippen LogP contribution in [-0.2, 0) is 9.36 Å². The van der Waals surface area contributed by atoms with Gasteiger partial charge in [0.1, 0.15) is 0 Å². The summed E-state index contributed by atoms with van der Waals surface area (Å²) in [6.07, 6.45) is 6.35. The van der Waals surface area contributed by atoms with E-state index in [-0.39, 0.29) is 30.4 Å². The molecule has 0 atom stereocenters. The van der Waals surface area contributed by atoms with Crippen LogP contribution in [0.4, 0.5) is 0 Å². The molecule has 0 bridgehead atoms. The first-order valence-electron chi connectivity index (χ1n) is 7.64. The predicted molar refractivity (Wildman–Crippen MR) is 81.7 cm³/mol. The second kappa shape index (κ2) is 9.54. The maximum absolute atomic E-state index is 11.9. The van der Waals surface area contributed by atoms with Crippen LogP contribution >= 0.6 is 7.60 Å². The quantitative estimate of drug-likeness (QED) is 0.404. The minimum atomic E-state index is -3.99. The molecule has 0 saturated carbocycles. The second-order valence-corrected chi connectivity index (χ2v) is 7.26. The molecule has 0 fully saturated rings. The van der Waals surface area contributed by atoms with Crippen molar-refractivity contribution in [1.29, 1.82) is 0 Å². The summed E-state index contributed by atoms with van der Waals surface area (Å²) in [7, 11) is -3.99. The molecule has 0 rings (SSSR count). The molecule has 0 aromatic heterocycles. The van der Waals surface area contributed by atoms with E-state index in [0.29, 0.717) is 0 Å². The minimum absolute atomic E-state index is 0.0985. The van der Waals surface area contributed by atoms with Gasteiger partial charge < -0.3 is 15.1 Å². The number of rotatable bonds is 11. The highest BCUT2D eigenvalue weighted by Crippen LogP contribution is 2.35. The van der Waals surface area contributed by atoms with E-state index in [0.717, 1.165) is 38.5 Å². The zero-order chi connectivity index (χ0) is 15.6. The van der Waals surface area contributed by atoms with Gasteiger partial charge in [-0.2, -0.15) is 0 Å². The SMILES string of the molecule is CCCCCC(CC)(CC)NC(=O)CCCP(=O)(O)O. The number of hydrogen-bond donors (Lipinski definition) is 3. The molecule has 0 aromatic rings. The Kier molecular flexibility index (Phi) is 9.36. The third-order valence-electron chi connectivity index (χ3n) is 3.87. The molecular formula is C14H30NO4P. The van der Waals surface area contributed by atoms with Gasteiger partial charge >= 0.3 is 7.60 Å². The molecule has 0 aliphatic rings. The first-order valence-corrected chi connectivity index (χ1v) is 9.44. The Hall–Kier alpha value is -0.380. The summed E-state index contributed by atoms with van der Waals surface area (Å²) in [6.45, 7) is 6.30. The first-order chi connectivity index (χ1) is 9.28. The third-order valence-corrected chi connectivity index (χ3v) is 4.77. The molecule has 5 nitrogen and oxygen atoms in total. The average molecular weight is 307 g/mol. The van der Waals surface area contributed by atoms with Gasteiger partial charge in [0.05, 0.1) is 6.16 Å². The fraction of sp³-hybridized carbons (Fsp3) is 0.929. The fourth-order valence-electron chi connectivity index (χ4n) is 2.36. The molecule has 0 saturated heterocycles. The van der Waals surface area contributed by atoms with Crippen molar-refractivity contribution >= 4 is 13.5 Å². The van der Waals surface area contributed by atoms with Crippen LogP contribution in [0.1, 0.15) is 72.1 Å². The molecule has 1 amide bonds. The minimum Gasteiger partial charge on any atom is -0.351 e. The van der Waals surface area contributed by atoms with Crippen molar-refractivity contribution in [3.8, 4) is 0 Å². The topological polar surface area (TPSA) is 86.6 Å². The largest absolute Gasteiger partial charge is 0.351 e. The van der Waals surface area contributed by atoms with Crippen molar-refractivity contribution in [3.63, 3.8) is 0 Å². The van der Waals surface area contributed by atoms with Gasteiger partial charge in [0.25, 0.3) is 0 Å². The van der Waals surface area contributed by atoms with Crippen molar-refractivity contribution in [2.45, 2.75) is 77.7 Å². The van der Waals surface area contributed by atoms with Gasteiger partial charge in [-0.15, -0.1) is 0 Å². The second-order valence-electron chi connectivity index (χ2n) is 5.48. The van der Waals surface area contributed by atoms with Crippen LogP contribution in [0.3, 0.4) is 0 Å². The molecule has 20 heavy (non-hydrogen) atoms. The lowest BCUT2D eigenvalue weighted by atomic mass is 9.86. The van der Waals surface area contributed by atoms with Gasteiger partial charge in [0.2, 0.25) is 5.91 Å². The molecule has 120 valence electrons. The van der Waals surface area contributed by atoms with Gasteiger partial charge in [-0.05, 0) is 25.7 Å². The highest BCUT2D eigenvalue weighted by atomic mass is 31.2. The van der Waals surface area contributed by atoms with Crippen LogP contribution in [0.15, 0.2) is 0 Å². The average Bonchev–Trinajstić information content (AvgIpc) is 2.36. The third kappa shape index (κ3) is 8.72. The Labute approximate surface area is 122 Å². The number of carbonyl (C=O) groups is 1. The summed E-state index contributed by atoms with van der Waals surface area (Å²) in [4.78, 5) is 29.5. The van der Waals surface area contributed by atoms with Gasteiger partial charge in [-0.25, -0.2) is 0 Å². The van der Waals surface area contributed by atoms with Crippen LogP contribution < -0.4 is 5.32 Å². The molecule has 0 heterocycles. The monoisotopic (exact) mass is 307 g/mol. The van der Waals surface area contributed by atoms with Crippen LogP contribution in [-0.4, -0.2) is 27.4 Å². The first kappa shape index (κ1) is 19.6. The molecular weight excluding hydrogens is 277 g/mol. The highest BCUT2D eigenvalue weighted by Gasteiger charge is 2.27. The van der Waals surface area contributed by atoms with Gasteiger partial charge in [0, 0.05) is 12.0 Å². The smallest absolute Gasteiger partial charge is 0.325 e. The maximum Gasteiger partial charge on any atom is 0.325 e. The zero-order valence-corrected chi connectivity index (χ0v) is 13.9. The van der Waals surface area contributed by atoms with Crippen molar-refractivity contribution < 1.29 is 19.1 Å². The standard InChI is InChI=1S/C14H30NO4P/c1-4-7-8-11-14(5-2,6-3)15-13(16)10-9-12-20(17,18)19/h4-12H2,1-3H3,(H,15,16)(H2,17,18,19). The fourth-order valence-corrected chi connectivity index (χ4v) is 2.93. The van der Waals surface area contributed by atoms with E-state index in [4.69, 9.17) is 9.79 Å². The van der Waals surface area contributed by atoms with Gasteiger partial charge in [-0.3, -0.25) is 9.36 Å². The lowest BCUT2D eigenvalue weighted by molar-refractivity contribution is -0.123. The number of carbonyl (C=O) groups excluding carboxylic acids is 1. The Morgan fingerprint density at radius 3 is 2.15 bits per heavy atom. The number of amides is 1. The van der Waals surface area contributed by atoms with Gasteiger partial charge in [0.15, 0.2) is 0 Å². The van der Waals surface area contributed by atoms with E-state index in [1.807, 2.05) is 0 Å². The summed E-state index contributed by atoms with van der Waals surface area (Å²) in [5, 5.41) is 3.08. The zero-order valence-electron chi connectivity index (χ0n) is 13.0. The maximum atomic E-state index is 11.9. The van der Waals surface area contributed by atoms with E-state index in [9.17, 15) is 9.36 Å². The summed E-state index contributed by atoms with van der Waals surface area (Å²) >= 11 is 0. The van der Waals surface area contributed by atoms with Crippen LogP contribution in [0.5, 0.6) is 0 Å². The summed E-state index contributed by atoms with van der Waals surface area (Å²) in [6, 6.07) is 0. The molecule has 0 aliphatic carbocycles. The lowest BCUT2D eigenvalue weighted by Gasteiger charge is -2.33. The van der Waals surface area contributed by atoms with E-state index in [2.05, 4.69) is 26.1 Å². The van der Waals surface area contributed by atoms with Crippen molar-refractivity contribution in [3.05, 3.63) is 0 Å². The summed E-state index contributed by atoms with van der Waals surface area (Å²) in [5.41, 5.74) is -0.158. The number of hydrogen-bond acceptors (Lipinski definition) is 2. The van der Waals surface area contributed by atoms with Crippen molar-refractivity contribution in [1.82, 2.24) is 5.32 Å². The van der Waals surface area contributed by atoms with Crippen LogP contribution in [0.25, 0.3) is 0 Å². The van der Waals surface area contributed by atoms with Crippen molar-refractivity contribution in [2.75, 3.05) is 6.16 Å². The van der Waals surface area contributed by atoms with E-state index in [1.165, 1.54) is 0 Å². The molecule has 6 heteroatoms. The van der Waals surface area contributed by atoms with E-state index in [1.54, 1.807) is 0 Å². The molecule has 0 unspecified atom stereocenters. The molecule has 0 aliphatic heterocycles. The highest BCUT2D eigenvalue weighted by molar-refractivity contribution is 7.51. The summed E-state index contributed by atoms with van der Waals surface area (Å²) in [5.74, 6) is -0.0985. The molecule has 3 N–H and O–H groups in total. The molecule has 0 radical (unpaired) electrons. The van der Waals surface area contributed by atoms with Crippen LogP contribution in [0.2, 0.25) is 0 Å². The number of nitrogens with one attached hydrogen (secondary N) is 1. The van der Waals surface area contributed by atoms with E-state index < -0.39 is 7.60 Å². The summed E-state index contributed by atoms with van der Waals surface area (Å²) < 4.78 is 10.7. The van der Waals surface area contributed by atoms with E-state index >= 15 is 0 Å². The lowest BCUT2D eigenvalue weighted by Crippen LogP contribution is -2.47. The predicted octanol–water partition coefficient (Wildman–Crippen LogP) is 3.20. The molecule has 0 spiro atoms. The van der Waals surface area contributed by atoms with Crippen molar-refractivity contribution in [2.24, 2.45) is 0 Å². The Bertz CT molecular complexity index is 323. The Balaban J connectivity index is 4.28. The van der Waals surface area contributed by atoms with Crippen LogP contribution in [0, 0.1) is 0 Å².